The summed E-state index contributed by atoms with van der Waals surface area (Å²) in [5.74, 6) is -0.889. The van der Waals surface area contributed by atoms with Gasteiger partial charge in [0.1, 0.15) is 11.5 Å². The quantitative estimate of drug-likeness (QED) is 0.818. The van der Waals surface area contributed by atoms with Crippen LogP contribution in [-0.4, -0.2) is 59.1 Å². The Labute approximate surface area is 152 Å². The summed E-state index contributed by atoms with van der Waals surface area (Å²) >= 11 is 12.3. The largest absolute Gasteiger partial charge is 0.449 e. The first-order chi connectivity index (χ1) is 12.0. The second kappa shape index (κ2) is 6.07. The van der Waals surface area contributed by atoms with Gasteiger partial charge in [0.2, 0.25) is 0 Å². The molecule has 2 aromatic rings. The third kappa shape index (κ3) is 2.62. The zero-order chi connectivity index (χ0) is 17.7. The molecular weight excluding hydrogens is 372 g/mol. The minimum absolute atomic E-state index is 0.0665. The average Bonchev–Trinajstić information content (AvgIpc) is 2.95. The SMILES string of the molecule is O=C(c1[nH]c2ccc(F)c(Cl)c2c1Cl)N1CCN2C(=O)OCC[C@@H]2C1. The van der Waals surface area contributed by atoms with E-state index >= 15 is 0 Å². The number of nitrogens with one attached hydrogen (secondary N) is 1. The number of cyclic esters (lactones) is 1. The second-order valence-electron chi connectivity index (χ2n) is 6.10. The normalized spacial score (nSPS) is 20.6. The van der Waals surface area contributed by atoms with E-state index in [1.807, 2.05) is 0 Å². The standard InChI is InChI=1S/C16H14Cl2FN3O3/c17-12-9(19)1-2-10-11(12)13(18)14(20-10)15(23)21-4-5-22-8(7-21)3-6-25-16(22)24/h1-2,8,20H,3-7H2/t8-/m1/s1. The molecule has 2 aliphatic rings. The van der Waals surface area contributed by atoms with E-state index in [1.165, 1.54) is 12.1 Å². The summed E-state index contributed by atoms with van der Waals surface area (Å²) in [7, 11) is 0. The number of nitrogens with zero attached hydrogens (tertiary/aromatic N) is 2. The number of aromatic amines is 1. The highest BCUT2D eigenvalue weighted by Crippen LogP contribution is 2.35. The van der Waals surface area contributed by atoms with E-state index in [0.717, 1.165) is 0 Å². The van der Waals surface area contributed by atoms with Crippen LogP contribution in [0.25, 0.3) is 10.9 Å². The van der Waals surface area contributed by atoms with E-state index in [2.05, 4.69) is 4.98 Å². The van der Waals surface area contributed by atoms with Crippen molar-refractivity contribution in [3.63, 3.8) is 0 Å². The maximum atomic E-state index is 13.7. The summed E-state index contributed by atoms with van der Waals surface area (Å²) in [5.41, 5.74) is 0.677. The van der Waals surface area contributed by atoms with Crippen molar-refractivity contribution >= 4 is 46.1 Å². The monoisotopic (exact) mass is 385 g/mol. The summed E-state index contributed by atoms with van der Waals surface area (Å²) in [4.78, 5) is 30.8. The zero-order valence-corrected chi connectivity index (χ0v) is 14.5. The Hall–Kier alpha value is -1.99. The number of benzene rings is 1. The molecule has 4 rings (SSSR count). The predicted octanol–water partition coefficient (Wildman–Crippen LogP) is 3.28. The number of amides is 2. The molecule has 1 N–H and O–H groups in total. The Morgan fingerprint density at radius 1 is 1.28 bits per heavy atom. The van der Waals surface area contributed by atoms with Gasteiger partial charge in [0.25, 0.3) is 5.91 Å². The van der Waals surface area contributed by atoms with Gasteiger partial charge in [-0.15, -0.1) is 0 Å². The summed E-state index contributed by atoms with van der Waals surface area (Å²) in [6, 6.07) is 2.65. The van der Waals surface area contributed by atoms with Gasteiger partial charge in [0.15, 0.2) is 0 Å². The van der Waals surface area contributed by atoms with Gasteiger partial charge in [-0.1, -0.05) is 23.2 Å². The van der Waals surface area contributed by atoms with Crippen LogP contribution in [0.4, 0.5) is 9.18 Å². The van der Waals surface area contributed by atoms with Crippen LogP contribution >= 0.6 is 23.2 Å². The molecule has 1 atom stereocenters. The summed E-state index contributed by atoms with van der Waals surface area (Å²) < 4.78 is 18.7. The molecule has 25 heavy (non-hydrogen) atoms. The van der Waals surface area contributed by atoms with Crippen LogP contribution in [0.1, 0.15) is 16.9 Å². The number of ether oxygens (including phenoxy) is 1. The van der Waals surface area contributed by atoms with Crippen LogP contribution in [0.5, 0.6) is 0 Å². The molecule has 0 radical (unpaired) electrons. The summed E-state index contributed by atoms with van der Waals surface area (Å²) in [6.07, 6.45) is 0.335. The second-order valence-corrected chi connectivity index (χ2v) is 6.86. The fourth-order valence-corrected chi connectivity index (χ4v) is 4.01. The molecule has 0 spiro atoms. The van der Waals surface area contributed by atoms with E-state index in [0.29, 0.717) is 43.6 Å². The Balaban J connectivity index is 1.63. The van der Waals surface area contributed by atoms with E-state index in [1.54, 1.807) is 9.80 Å². The molecule has 0 saturated carbocycles. The molecule has 0 aliphatic carbocycles. The number of piperazine rings is 1. The number of H-pyrrole nitrogens is 1. The number of hydrogen-bond acceptors (Lipinski definition) is 3. The molecule has 1 aromatic heterocycles. The Kier molecular flexibility index (Phi) is 4.00. The van der Waals surface area contributed by atoms with Crippen LogP contribution in [-0.2, 0) is 4.74 Å². The van der Waals surface area contributed by atoms with Crippen LogP contribution in [0.3, 0.4) is 0 Å². The molecular formula is C16H14Cl2FN3O3. The van der Waals surface area contributed by atoms with Crippen molar-refractivity contribution in [3.05, 3.63) is 33.7 Å². The van der Waals surface area contributed by atoms with Crippen molar-refractivity contribution < 1.29 is 18.7 Å². The van der Waals surface area contributed by atoms with Gasteiger partial charge < -0.3 is 19.5 Å². The molecule has 9 heteroatoms. The van der Waals surface area contributed by atoms with E-state index in [-0.39, 0.29) is 33.8 Å². The number of halogens is 3. The maximum absolute atomic E-state index is 13.7. The average molecular weight is 386 g/mol. The lowest BCUT2D eigenvalue weighted by molar-refractivity contribution is 0.00689. The van der Waals surface area contributed by atoms with Gasteiger partial charge in [-0.3, -0.25) is 4.79 Å². The first kappa shape index (κ1) is 16.5. The Morgan fingerprint density at radius 3 is 2.88 bits per heavy atom. The third-order valence-corrected chi connectivity index (χ3v) is 5.44. The van der Waals surface area contributed by atoms with Gasteiger partial charge in [0, 0.05) is 37.0 Å². The van der Waals surface area contributed by atoms with Crippen molar-refractivity contribution in [1.82, 2.24) is 14.8 Å². The lowest BCUT2D eigenvalue weighted by atomic mass is 10.1. The van der Waals surface area contributed by atoms with Gasteiger partial charge in [-0.05, 0) is 12.1 Å². The lowest BCUT2D eigenvalue weighted by Gasteiger charge is -2.43. The Bertz CT molecular complexity index is 885. The highest BCUT2D eigenvalue weighted by atomic mass is 35.5. The molecule has 6 nitrogen and oxygen atoms in total. The molecule has 2 saturated heterocycles. The fraction of sp³-hybridized carbons (Fsp3) is 0.375. The van der Waals surface area contributed by atoms with E-state index in [9.17, 15) is 14.0 Å². The number of hydrogen-bond donors (Lipinski definition) is 1. The van der Waals surface area contributed by atoms with Crippen molar-refractivity contribution in [3.8, 4) is 0 Å². The molecule has 3 heterocycles. The molecule has 0 bridgehead atoms. The van der Waals surface area contributed by atoms with Gasteiger partial charge in [-0.2, -0.15) is 0 Å². The number of fused-ring (bicyclic) bond motifs is 2. The molecule has 2 amide bonds. The Morgan fingerprint density at radius 2 is 2.08 bits per heavy atom. The van der Waals surface area contributed by atoms with Crippen LogP contribution in [0, 0.1) is 5.82 Å². The topological polar surface area (TPSA) is 65.6 Å². The maximum Gasteiger partial charge on any atom is 0.410 e. The number of carbonyl (C=O) groups is 2. The van der Waals surface area contributed by atoms with Crippen LogP contribution in [0.2, 0.25) is 10.0 Å². The lowest BCUT2D eigenvalue weighted by Crippen LogP contribution is -2.59. The van der Waals surface area contributed by atoms with Crippen LogP contribution in [0.15, 0.2) is 12.1 Å². The predicted molar refractivity (Wildman–Crippen MR) is 90.6 cm³/mol. The van der Waals surface area contributed by atoms with Crippen molar-refractivity contribution in [1.29, 1.82) is 0 Å². The van der Waals surface area contributed by atoms with Crippen molar-refractivity contribution in [2.75, 3.05) is 26.2 Å². The van der Waals surface area contributed by atoms with Gasteiger partial charge in [0.05, 0.1) is 22.7 Å². The summed E-state index contributed by atoms with van der Waals surface area (Å²) in [5, 5.41) is 0.291. The van der Waals surface area contributed by atoms with E-state index < -0.39 is 5.82 Å². The molecule has 132 valence electrons. The highest BCUT2D eigenvalue weighted by molar-refractivity contribution is 6.44. The smallest absolute Gasteiger partial charge is 0.410 e. The van der Waals surface area contributed by atoms with E-state index in [4.69, 9.17) is 27.9 Å². The first-order valence-corrected chi connectivity index (χ1v) is 8.61. The number of rotatable bonds is 1. The first-order valence-electron chi connectivity index (χ1n) is 7.85. The molecule has 2 fully saturated rings. The highest BCUT2D eigenvalue weighted by Gasteiger charge is 2.37. The zero-order valence-electron chi connectivity index (χ0n) is 13.0. The van der Waals surface area contributed by atoms with Crippen molar-refractivity contribution in [2.45, 2.75) is 12.5 Å². The number of carbonyl (C=O) groups excluding carboxylic acids is 2. The minimum Gasteiger partial charge on any atom is -0.449 e. The molecule has 0 unspecified atom stereocenters. The van der Waals surface area contributed by atoms with Gasteiger partial charge in [-0.25, -0.2) is 9.18 Å². The minimum atomic E-state index is -0.594. The molecule has 2 aliphatic heterocycles. The third-order valence-electron chi connectivity index (χ3n) is 4.69. The van der Waals surface area contributed by atoms with Crippen molar-refractivity contribution in [2.24, 2.45) is 0 Å². The number of aromatic nitrogens is 1. The van der Waals surface area contributed by atoms with Crippen LogP contribution < -0.4 is 0 Å². The summed E-state index contributed by atoms with van der Waals surface area (Å²) in [6.45, 7) is 1.53. The molecule has 1 aromatic carbocycles. The van der Waals surface area contributed by atoms with Gasteiger partial charge >= 0.3 is 6.09 Å². The fourth-order valence-electron chi connectivity index (χ4n) is 3.38.